The van der Waals surface area contributed by atoms with Crippen LogP contribution in [0.2, 0.25) is 5.02 Å². The van der Waals surface area contributed by atoms with Gasteiger partial charge in [0.2, 0.25) is 5.91 Å². The molecule has 1 amide bonds. The van der Waals surface area contributed by atoms with Crippen LogP contribution in [0.25, 0.3) is 0 Å². The van der Waals surface area contributed by atoms with E-state index in [9.17, 15) is 18.0 Å². The molecule has 3 nitrogen and oxygen atoms in total. The molecule has 0 saturated carbocycles. The second-order valence-corrected chi connectivity index (χ2v) is 5.29. The number of carbonyl (C=O) groups excluding carboxylic acids is 1. The van der Waals surface area contributed by atoms with Gasteiger partial charge in [-0.1, -0.05) is 18.5 Å². The molecule has 1 heterocycles. The van der Waals surface area contributed by atoms with Crippen molar-refractivity contribution < 1.29 is 18.0 Å². The van der Waals surface area contributed by atoms with E-state index in [1.54, 1.807) is 17.9 Å². The zero-order valence-corrected chi connectivity index (χ0v) is 12.3. The molecule has 1 aromatic carbocycles. The van der Waals surface area contributed by atoms with Crippen LogP contribution in [0.1, 0.15) is 18.9 Å². The molecular formula is C14H16ClF3N2O. The van der Waals surface area contributed by atoms with Gasteiger partial charge in [0, 0.05) is 38.3 Å². The van der Waals surface area contributed by atoms with Gasteiger partial charge in [-0.05, 0) is 18.2 Å². The highest BCUT2D eigenvalue weighted by Gasteiger charge is 2.34. The number of alkyl halides is 3. The van der Waals surface area contributed by atoms with E-state index in [2.05, 4.69) is 0 Å². The van der Waals surface area contributed by atoms with Crippen LogP contribution in [0.15, 0.2) is 18.2 Å². The van der Waals surface area contributed by atoms with Crippen molar-refractivity contribution in [1.29, 1.82) is 0 Å². The fourth-order valence-corrected chi connectivity index (χ4v) is 2.59. The van der Waals surface area contributed by atoms with Gasteiger partial charge in [0.15, 0.2) is 0 Å². The van der Waals surface area contributed by atoms with E-state index < -0.39 is 11.7 Å². The molecule has 0 aromatic heterocycles. The average molecular weight is 321 g/mol. The van der Waals surface area contributed by atoms with Gasteiger partial charge in [-0.3, -0.25) is 4.79 Å². The van der Waals surface area contributed by atoms with E-state index in [0.717, 1.165) is 6.07 Å². The first-order valence-corrected chi connectivity index (χ1v) is 7.10. The van der Waals surface area contributed by atoms with E-state index in [1.165, 1.54) is 6.07 Å². The molecule has 0 unspecified atom stereocenters. The van der Waals surface area contributed by atoms with Gasteiger partial charge in [0.25, 0.3) is 0 Å². The summed E-state index contributed by atoms with van der Waals surface area (Å²) in [5.74, 6) is 0.0711. The maximum Gasteiger partial charge on any atom is 0.417 e. The van der Waals surface area contributed by atoms with Gasteiger partial charge in [0.1, 0.15) is 0 Å². The van der Waals surface area contributed by atoms with Crippen LogP contribution in [0, 0.1) is 0 Å². The topological polar surface area (TPSA) is 23.6 Å². The van der Waals surface area contributed by atoms with Crippen molar-refractivity contribution in [3.63, 3.8) is 0 Å². The van der Waals surface area contributed by atoms with Crippen LogP contribution in [0.3, 0.4) is 0 Å². The van der Waals surface area contributed by atoms with Crippen molar-refractivity contribution in [3.05, 3.63) is 28.8 Å². The molecule has 0 aliphatic carbocycles. The third-order valence-corrected chi connectivity index (χ3v) is 3.88. The van der Waals surface area contributed by atoms with E-state index >= 15 is 0 Å². The highest BCUT2D eigenvalue weighted by Crippen LogP contribution is 2.37. The molecule has 0 N–H and O–H groups in total. The van der Waals surface area contributed by atoms with Crippen LogP contribution in [0.5, 0.6) is 0 Å². The number of anilines is 1. The first-order chi connectivity index (χ1) is 9.82. The summed E-state index contributed by atoms with van der Waals surface area (Å²) in [5.41, 5.74) is -0.343. The van der Waals surface area contributed by atoms with Gasteiger partial charge in [-0.2, -0.15) is 13.2 Å². The van der Waals surface area contributed by atoms with Crippen molar-refractivity contribution >= 4 is 23.2 Å². The highest BCUT2D eigenvalue weighted by molar-refractivity contribution is 6.31. The lowest BCUT2D eigenvalue weighted by Gasteiger charge is -2.36. The maximum atomic E-state index is 12.9. The number of rotatable bonds is 2. The number of benzene rings is 1. The van der Waals surface area contributed by atoms with Crippen molar-refractivity contribution in [3.8, 4) is 0 Å². The third-order valence-electron chi connectivity index (χ3n) is 3.56. The monoisotopic (exact) mass is 320 g/mol. The Labute approximate surface area is 126 Å². The van der Waals surface area contributed by atoms with E-state index in [0.29, 0.717) is 38.3 Å². The van der Waals surface area contributed by atoms with Gasteiger partial charge in [0.05, 0.1) is 10.6 Å². The summed E-state index contributed by atoms with van der Waals surface area (Å²) < 4.78 is 38.6. The van der Waals surface area contributed by atoms with E-state index in [1.807, 2.05) is 4.90 Å². The standard InChI is InChI=1S/C14H16ClF3N2O/c1-2-13(21)20-7-5-19(6-8-20)10-3-4-12(15)11(9-10)14(16,17)18/h3-4,9H,2,5-8H2,1H3. The van der Waals surface area contributed by atoms with Crippen LogP contribution < -0.4 is 4.90 Å². The fourth-order valence-electron chi connectivity index (χ4n) is 2.36. The minimum Gasteiger partial charge on any atom is -0.368 e. The SMILES string of the molecule is CCC(=O)N1CCN(c2ccc(Cl)c(C(F)(F)F)c2)CC1. The van der Waals surface area contributed by atoms with Crippen LogP contribution in [-0.4, -0.2) is 37.0 Å². The van der Waals surface area contributed by atoms with Crippen LogP contribution in [0.4, 0.5) is 18.9 Å². The summed E-state index contributed by atoms with van der Waals surface area (Å²) in [6.45, 7) is 3.88. The number of amides is 1. The molecule has 0 atom stereocenters. The molecule has 1 aliphatic heterocycles. The van der Waals surface area contributed by atoms with E-state index in [4.69, 9.17) is 11.6 Å². The Kier molecular flexibility index (Phi) is 4.66. The van der Waals surface area contributed by atoms with Crippen molar-refractivity contribution in [2.45, 2.75) is 19.5 Å². The number of hydrogen-bond acceptors (Lipinski definition) is 2. The third kappa shape index (κ3) is 3.61. The Hall–Kier alpha value is -1.43. The van der Waals surface area contributed by atoms with Gasteiger partial charge in [-0.25, -0.2) is 0 Å². The summed E-state index contributed by atoms with van der Waals surface area (Å²) >= 11 is 5.61. The maximum absolute atomic E-state index is 12.9. The van der Waals surface area contributed by atoms with E-state index in [-0.39, 0.29) is 10.9 Å². The average Bonchev–Trinajstić information content (AvgIpc) is 2.46. The summed E-state index contributed by atoms with van der Waals surface area (Å²) in [5, 5.41) is -0.300. The summed E-state index contributed by atoms with van der Waals surface area (Å²) in [6.07, 6.45) is -4.02. The van der Waals surface area contributed by atoms with Crippen LogP contribution >= 0.6 is 11.6 Å². The number of piperazine rings is 1. The molecule has 1 aromatic rings. The zero-order valence-electron chi connectivity index (χ0n) is 11.6. The number of halogens is 4. The molecule has 0 spiro atoms. The highest BCUT2D eigenvalue weighted by atomic mass is 35.5. The first kappa shape index (κ1) is 15.9. The Morgan fingerprint density at radius 1 is 1.24 bits per heavy atom. The lowest BCUT2D eigenvalue weighted by molar-refractivity contribution is -0.137. The molecular weight excluding hydrogens is 305 g/mol. The molecule has 1 fully saturated rings. The van der Waals surface area contributed by atoms with Gasteiger partial charge in [-0.15, -0.1) is 0 Å². The number of hydrogen-bond donors (Lipinski definition) is 0. The molecule has 116 valence electrons. The predicted octanol–water partition coefficient (Wildman–Crippen LogP) is 3.42. The molecule has 0 radical (unpaired) electrons. The molecule has 1 aliphatic rings. The quantitative estimate of drug-likeness (QED) is 0.833. The predicted molar refractivity (Wildman–Crippen MR) is 75.5 cm³/mol. The molecule has 0 bridgehead atoms. The Balaban J connectivity index is 2.12. The molecule has 7 heteroatoms. The number of carbonyl (C=O) groups is 1. The first-order valence-electron chi connectivity index (χ1n) is 6.72. The minimum atomic E-state index is -4.47. The Morgan fingerprint density at radius 2 is 1.86 bits per heavy atom. The molecule has 2 rings (SSSR count). The smallest absolute Gasteiger partial charge is 0.368 e. The summed E-state index contributed by atoms with van der Waals surface area (Å²) in [4.78, 5) is 15.2. The largest absolute Gasteiger partial charge is 0.417 e. The second kappa shape index (κ2) is 6.13. The summed E-state index contributed by atoms with van der Waals surface area (Å²) in [7, 11) is 0. The zero-order chi connectivity index (χ0) is 15.6. The molecule has 1 saturated heterocycles. The lowest BCUT2D eigenvalue weighted by Crippen LogP contribution is -2.48. The van der Waals surface area contributed by atoms with Crippen molar-refractivity contribution in [1.82, 2.24) is 4.90 Å². The van der Waals surface area contributed by atoms with Gasteiger partial charge >= 0.3 is 6.18 Å². The van der Waals surface area contributed by atoms with Crippen molar-refractivity contribution in [2.24, 2.45) is 0 Å². The number of nitrogens with zero attached hydrogens (tertiary/aromatic N) is 2. The normalized spacial score (nSPS) is 16.2. The summed E-state index contributed by atoms with van der Waals surface area (Å²) in [6, 6.07) is 3.91. The second-order valence-electron chi connectivity index (χ2n) is 4.88. The Morgan fingerprint density at radius 3 is 2.38 bits per heavy atom. The van der Waals surface area contributed by atoms with Crippen molar-refractivity contribution in [2.75, 3.05) is 31.1 Å². The fraction of sp³-hybridized carbons (Fsp3) is 0.500. The minimum absolute atomic E-state index is 0.0711. The van der Waals surface area contributed by atoms with Crippen LogP contribution in [-0.2, 0) is 11.0 Å². The molecule has 21 heavy (non-hydrogen) atoms. The Bertz CT molecular complexity index is 525. The van der Waals surface area contributed by atoms with Gasteiger partial charge < -0.3 is 9.80 Å². The lowest BCUT2D eigenvalue weighted by atomic mass is 10.1.